The Morgan fingerprint density at radius 1 is 1.27 bits per heavy atom. The summed E-state index contributed by atoms with van der Waals surface area (Å²) in [5.74, 6) is 0.925. The second-order valence-corrected chi connectivity index (χ2v) is 6.76. The number of ether oxygens (including phenoxy) is 2. The van der Waals surface area contributed by atoms with Crippen LogP contribution in [0.4, 0.5) is 0 Å². The summed E-state index contributed by atoms with van der Waals surface area (Å²) in [6.45, 7) is 6.09. The molecular formula is C21H30N2O3. The van der Waals surface area contributed by atoms with Crippen LogP contribution < -0.4 is 14.9 Å². The number of methoxy groups -OCH3 is 1. The van der Waals surface area contributed by atoms with E-state index in [4.69, 9.17) is 9.47 Å². The predicted octanol–water partition coefficient (Wildman–Crippen LogP) is 4.87. The number of hydrogen-bond donors (Lipinski definition) is 1. The SMILES string of the molecule is CCCCCC1=CCCC1=NNC(=O)c1ccc(OC(C)C)c(OC)c1. The summed E-state index contributed by atoms with van der Waals surface area (Å²) >= 11 is 0. The summed E-state index contributed by atoms with van der Waals surface area (Å²) in [5, 5.41) is 4.36. The highest BCUT2D eigenvalue weighted by molar-refractivity contribution is 6.03. The monoisotopic (exact) mass is 358 g/mol. The highest BCUT2D eigenvalue weighted by atomic mass is 16.5. The van der Waals surface area contributed by atoms with Crippen molar-refractivity contribution >= 4 is 11.6 Å². The third-order valence-electron chi connectivity index (χ3n) is 4.27. The van der Waals surface area contributed by atoms with Crippen molar-refractivity contribution in [2.24, 2.45) is 5.10 Å². The highest BCUT2D eigenvalue weighted by Crippen LogP contribution is 2.29. The van der Waals surface area contributed by atoms with Crippen LogP contribution in [0.25, 0.3) is 0 Å². The lowest BCUT2D eigenvalue weighted by Gasteiger charge is -2.14. The normalized spacial score (nSPS) is 15.3. The fourth-order valence-electron chi connectivity index (χ4n) is 2.94. The van der Waals surface area contributed by atoms with Crippen LogP contribution in [0.3, 0.4) is 0 Å². The number of rotatable bonds is 9. The number of allylic oxidation sites excluding steroid dienone is 2. The molecule has 142 valence electrons. The number of benzene rings is 1. The molecular weight excluding hydrogens is 328 g/mol. The largest absolute Gasteiger partial charge is 0.493 e. The van der Waals surface area contributed by atoms with Gasteiger partial charge in [0.25, 0.3) is 5.91 Å². The minimum Gasteiger partial charge on any atom is -0.493 e. The molecule has 0 saturated heterocycles. The van der Waals surface area contributed by atoms with Gasteiger partial charge >= 0.3 is 0 Å². The van der Waals surface area contributed by atoms with Crippen molar-refractivity contribution in [2.45, 2.75) is 65.4 Å². The molecule has 2 rings (SSSR count). The topological polar surface area (TPSA) is 59.9 Å². The molecule has 0 radical (unpaired) electrons. The smallest absolute Gasteiger partial charge is 0.271 e. The zero-order valence-corrected chi connectivity index (χ0v) is 16.3. The van der Waals surface area contributed by atoms with Crippen molar-refractivity contribution in [3.8, 4) is 11.5 Å². The number of amides is 1. The zero-order valence-electron chi connectivity index (χ0n) is 16.3. The maximum atomic E-state index is 12.4. The Kier molecular flexibility index (Phi) is 7.70. The van der Waals surface area contributed by atoms with Crippen LogP contribution in [0.1, 0.15) is 69.7 Å². The first-order valence-corrected chi connectivity index (χ1v) is 9.46. The average Bonchev–Trinajstić information content (AvgIpc) is 3.07. The van der Waals surface area contributed by atoms with Crippen LogP contribution in [0.5, 0.6) is 11.5 Å². The molecule has 1 aromatic rings. The van der Waals surface area contributed by atoms with Crippen LogP contribution in [0.15, 0.2) is 34.9 Å². The van der Waals surface area contributed by atoms with E-state index in [9.17, 15) is 4.79 Å². The van der Waals surface area contributed by atoms with Crippen molar-refractivity contribution in [1.82, 2.24) is 5.43 Å². The van der Waals surface area contributed by atoms with Crippen LogP contribution >= 0.6 is 0 Å². The fraction of sp³-hybridized carbons (Fsp3) is 0.524. The van der Waals surface area contributed by atoms with E-state index in [0.29, 0.717) is 17.1 Å². The summed E-state index contributed by atoms with van der Waals surface area (Å²) in [7, 11) is 1.57. The molecule has 1 amide bonds. The molecule has 1 aliphatic carbocycles. The van der Waals surface area contributed by atoms with Crippen molar-refractivity contribution in [1.29, 1.82) is 0 Å². The maximum absolute atomic E-state index is 12.4. The lowest BCUT2D eigenvalue weighted by molar-refractivity contribution is 0.0954. The third-order valence-corrected chi connectivity index (χ3v) is 4.27. The molecule has 0 bridgehead atoms. The number of nitrogens with zero attached hydrogens (tertiary/aromatic N) is 1. The van der Waals surface area contributed by atoms with Crippen LogP contribution in [0.2, 0.25) is 0 Å². The van der Waals surface area contributed by atoms with E-state index >= 15 is 0 Å². The molecule has 5 heteroatoms. The second kappa shape index (κ2) is 10.00. The third kappa shape index (κ3) is 5.61. The lowest BCUT2D eigenvalue weighted by Crippen LogP contribution is -2.20. The molecule has 0 unspecified atom stereocenters. The van der Waals surface area contributed by atoms with E-state index in [1.807, 2.05) is 13.8 Å². The minimum absolute atomic E-state index is 0.0373. The number of hydrogen-bond acceptors (Lipinski definition) is 4. The fourth-order valence-corrected chi connectivity index (χ4v) is 2.94. The van der Waals surface area contributed by atoms with Gasteiger partial charge in [0.2, 0.25) is 0 Å². The molecule has 1 aliphatic rings. The molecule has 0 atom stereocenters. The summed E-state index contributed by atoms with van der Waals surface area (Å²) in [6, 6.07) is 5.16. The van der Waals surface area contributed by atoms with Gasteiger partial charge in [-0.1, -0.05) is 25.8 Å². The Labute approximate surface area is 156 Å². The quantitative estimate of drug-likeness (QED) is 0.506. The first kappa shape index (κ1) is 20.0. The Hall–Kier alpha value is -2.30. The van der Waals surface area contributed by atoms with Crippen LogP contribution in [-0.2, 0) is 0 Å². The van der Waals surface area contributed by atoms with Crippen molar-refractivity contribution in [3.05, 3.63) is 35.4 Å². The van der Waals surface area contributed by atoms with Gasteiger partial charge in [-0.05, 0) is 63.3 Å². The standard InChI is InChI=1S/C21H30N2O3/c1-5-6-7-9-16-10-8-11-18(16)22-23-21(24)17-12-13-19(26-15(2)3)20(14-17)25-4/h10,12-15H,5-9,11H2,1-4H3,(H,23,24). The first-order valence-electron chi connectivity index (χ1n) is 9.46. The Morgan fingerprint density at radius 2 is 2.08 bits per heavy atom. The van der Waals surface area contributed by atoms with Gasteiger partial charge in [-0.2, -0.15) is 5.10 Å². The van der Waals surface area contributed by atoms with Gasteiger partial charge in [-0.25, -0.2) is 5.43 Å². The Morgan fingerprint density at radius 3 is 2.77 bits per heavy atom. The number of nitrogens with one attached hydrogen (secondary N) is 1. The van der Waals surface area contributed by atoms with Gasteiger partial charge in [0, 0.05) is 5.56 Å². The Bertz CT molecular complexity index is 678. The first-order chi connectivity index (χ1) is 12.5. The van der Waals surface area contributed by atoms with Gasteiger partial charge < -0.3 is 9.47 Å². The average molecular weight is 358 g/mol. The minimum atomic E-state index is -0.244. The zero-order chi connectivity index (χ0) is 18.9. The highest BCUT2D eigenvalue weighted by Gasteiger charge is 2.15. The molecule has 1 aromatic carbocycles. The molecule has 0 saturated carbocycles. The van der Waals surface area contributed by atoms with Gasteiger partial charge in [0.05, 0.1) is 18.9 Å². The van der Waals surface area contributed by atoms with Crippen molar-refractivity contribution < 1.29 is 14.3 Å². The number of unbranched alkanes of at least 4 members (excludes halogenated alkanes) is 2. The van der Waals surface area contributed by atoms with Crippen LogP contribution in [0, 0.1) is 0 Å². The Balaban J connectivity index is 2.02. The molecule has 5 nitrogen and oxygen atoms in total. The predicted molar refractivity (Wildman–Crippen MR) is 105 cm³/mol. The van der Waals surface area contributed by atoms with E-state index in [1.54, 1.807) is 25.3 Å². The molecule has 0 spiro atoms. The van der Waals surface area contributed by atoms with Crippen LogP contribution in [-0.4, -0.2) is 24.8 Å². The molecule has 0 aromatic heterocycles. The van der Waals surface area contributed by atoms with Crippen molar-refractivity contribution in [3.63, 3.8) is 0 Å². The summed E-state index contributed by atoms with van der Waals surface area (Å²) in [4.78, 5) is 12.4. The second-order valence-electron chi connectivity index (χ2n) is 6.76. The molecule has 0 aliphatic heterocycles. The van der Waals surface area contributed by atoms with E-state index in [2.05, 4.69) is 23.5 Å². The van der Waals surface area contributed by atoms with E-state index in [1.165, 1.54) is 24.8 Å². The lowest BCUT2D eigenvalue weighted by atomic mass is 10.1. The molecule has 0 fully saturated rings. The number of hydrazone groups is 1. The van der Waals surface area contributed by atoms with Crippen molar-refractivity contribution in [2.75, 3.05) is 7.11 Å². The number of carbonyl (C=O) groups is 1. The van der Waals surface area contributed by atoms with Gasteiger partial charge in [0.15, 0.2) is 11.5 Å². The molecule has 26 heavy (non-hydrogen) atoms. The molecule has 1 N–H and O–H groups in total. The number of carbonyl (C=O) groups excluding carboxylic acids is 1. The maximum Gasteiger partial charge on any atom is 0.271 e. The van der Waals surface area contributed by atoms with Gasteiger partial charge in [-0.15, -0.1) is 0 Å². The van der Waals surface area contributed by atoms with E-state index < -0.39 is 0 Å². The van der Waals surface area contributed by atoms with E-state index in [-0.39, 0.29) is 12.0 Å². The van der Waals surface area contributed by atoms with Gasteiger partial charge in [0.1, 0.15) is 0 Å². The van der Waals surface area contributed by atoms with E-state index in [0.717, 1.165) is 25.0 Å². The van der Waals surface area contributed by atoms with Gasteiger partial charge in [-0.3, -0.25) is 4.79 Å². The molecule has 0 heterocycles. The summed E-state index contributed by atoms with van der Waals surface area (Å²) in [5.41, 5.74) is 5.46. The summed E-state index contributed by atoms with van der Waals surface area (Å²) < 4.78 is 11.0. The summed E-state index contributed by atoms with van der Waals surface area (Å²) in [6.07, 6.45) is 8.81.